The molecule has 0 fully saturated rings. The predicted octanol–water partition coefficient (Wildman–Crippen LogP) is 3.70. The summed E-state index contributed by atoms with van der Waals surface area (Å²) < 4.78 is 26.3. The van der Waals surface area contributed by atoms with Crippen LogP contribution in [0.2, 0.25) is 0 Å². The van der Waals surface area contributed by atoms with E-state index in [1.54, 1.807) is 13.8 Å². The molecule has 2 unspecified atom stereocenters. The normalized spacial score (nSPS) is 15.5. The summed E-state index contributed by atoms with van der Waals surface area (Å²) in [6, 6.07) is 3.84. The maximum absolute atomic E-state index is 13.2. The van der Waals surface area contributed by atoms with E-state index in [0.29, 0.717) is 0 Å². The van der Waals surface area contributed by atoms with E-state index in [9.17, 15) is 8.78 Å². The van der Waals surface area contributed by atoms with Crippen LogP contribution in [0.15, 0.2) is 18.2 Å². The molecule has 3 heteroatoms. The first-order chi connectivity index (χ1) is 6.04. The molecule has 0 N–H and O–H groups in total. The summed E-state index contributed by atoms with van der Waals surface area (Å²) in [6.45, 7) is 3.43. The molecule has 72 valence electrons. The summed E-state index contributed by atoms with van der Waals surface area (Å²) >= 11 is 5.77. The molecule has 0 aliphatic carbocycles. The first-order valence-corrected chi connectivity index (χ1v) is 4.55. The molecule has 2 atom stereocenters. The first-order valence-electron chi connectivity index (χ1n) is 4.12. The van der Waals surface area contributed by atoms with Crippen LogP contribution in [-0.4, -0.2) is 5.38 Å². The molecular formula is C10H11ClF2. The molecule has 0 bridgehead atoms. The zero-order valence-corrected chi connectivity index (χ0v) is 8.28. The van der Waals surface area contributed by atoms with Gasteiger partial charge < -0.3 is 0 Å². The molecular weight excluding hydrogens is 194 g/mol. The largest absolute Gasteiger partial charge is 0.207 e. The van der Waals surface area contributed by atoms with Gasteiger partial charge in [0, 0.05) is 16.9 Å². The Balaban J connectivity index is 3.12. The Bertz CT molecular complexity index is 277. The summed E-state index contributed by atoms with van der Waals surface area (Å²) in [7, 11) is 0. The molecule has 0 radical (unpaired) electrons. The Kier molecular flexibility index (Phi) is 3.26. The lowest BCUT2D eigenvalue weighted by atomic mass is 9.97. The van der Waals surface area contributed by atoms with Crippen LogP contribution >= 0.6 is 11.6 Å². The Morgan fingerprint density at radius 3 is 2.00 bits per heavy atom. The van der Waals surface area contributed by atoms with Crippen LogP contribution in [0.5, 0.6) is 0 Å². The van der Waals surface area contributed by atoms with E-state index in [1.165, 1.54) is 18.2 Å². The van der Waals surface area contributed by atoms with Crippen molar-refractivity contribution in [2.24, 2.45) is 0 Å². The van der Waals surface area contributed by atoms with Crippen molar-refractivity contribution in [2.45, 2.75) is 25.1 Å². The minimum atomic E-state index is -0.528. The van der Waals surface area contributed by atoms with Gasteiger partial charge in [0.1, 0.15) is 11.6 Å². The molecule has 1 rings (SSSR count). The molecule has 0 spiro atoms. The van der Waals surface area contributed by atoms with Crippen molar-refractivity contribution in [1.29, 1.82) is 0 Å². The average molecular weight is 205 g/mol. The van der Waals surface area contributed by atoms with Gasteiger partial charge >= 0.3 is 0 Å². The van der Waals surface area contributed by atoms with E-state index >= 15 is 0 Å². The molecule has 0 amide bonds. The zero-order valence-electron chi connectivity index (χ0n) is 7.52. The summed E-state index contributed by atoms with van der Waals surface area (Å²) in [4.78, 5) is 0. The topological polar surface area (TPSA) is 0 Å². The standard InChI is InChI=1S/C10H11ClF2/c1-6(7(2)11)10-8(12)4-3-5-9(10)13/h3-7H,1-2H3. The van der Waals surface area contributed by atoms with Gasteiger partial charge in [-0.3, -0.25) is 0 Å². The third-order valence-electron chi connectivity index (χ3n) is 2.14. The van der Waals surface area contributed by atoms with Crippen molar-refractivity contribution >= 4 is 11.6 Å². The van der Waals surface area contributed by atoms with Crippen molar-refractivity contribution in [3.8, 4) is 0 Å². The van der Waals surface area contributed by atoms with Crippen LogP contribution in [-0.2, 0) is 0 Å². The monoisotopic (exact) mass is 204 g/mol. The van der Waals surface area contributed by atoms with Gasteiger partial charge in [-0.2, -0.15) is 0 Å². The highest BCUT2D eigenvalue weighted by atomic mass is 35.5. The van der Waals surface area contributed by atoms with Crippen LogP contribution in [0.4, 0.5) is 8.78 Å². The average Bonchev–Trinajstić information content (AvgIpc) is 2.03. The molecule has 0 aliphatic rings. The molecule has 0 nitrogen and oxygen atoms in total. The minimum absolute atomic E-state index is 0.0741. The van der Waals surface area contributed by atoms with Gasteiger partial charge in [-0.1, -0.05) is 13.0 Å². The molecule has 0 aromatic heterocycles. The first kappa shape index (κ1) is 10.5. The maximum atomic E-state index is 13.2. The minimum Gasteiger partial charge on any atom is -0.207 e. The Morgan fingerprint density at radius 1 is 1.15 bits per heavy atom. The summed E-state index contributed by atoms with van der Waals surface area (Å²) in [6.07, 6.45) is 0. The van der Waals surface area contributed by atoms with Crippen molar-refractivity contribution in [3.05, 3.63) is 35.4 Å². The molecule has 0 aliphatic heterocycles. The number of hydrogen-bond acceptors (Lipinski definition) is 0. The lowest BCUT2D eigenvalue weighted by molar-refractivity contribution is 0.529. The van der Waals surface area contributed by atoms with Crippen molar-refractivity contribution in [3.63, 3.8) is 0 Å². The van der Waals surface area contributed by atoms with E-state index < -0.39 is 11.6 Å². The molecule has 0 heterocycles. The third kappa shape index (κ3) is 2.19. The maximum Gasteiger partial charge on any atom is 0.129 e. The zero-order chi connectivity index (χ0) is 10.0. The van der Waals surface area contributed by atoms with Crippen LogP contribution in [0, 0.1) is 11.6 Å². The SMILES string of the molecule is CC(Cl)C(C)c1c(F)cccc1F. The van der Waals surface area contributed by atoms with E-state index in [0.717, 1.165) is 0 Å². The van der Waals surface area contributed by atoms with E-state index in [-0.39, 0.29) is 16.9 Å². The van der Waals surface area contributed by atoms with Gasteiger partial charge in [-0.05, 0) is 19.1 Å². The molecule has 1 aromatic carbocycles. The second kappa shape index (κ2) is 4.05. The summed E-state index contributed by atoms with van der Waals surface area (Å²) in [5.41, 5.74) is 0.0741. The number of benzene rings is 1. The van der Waals surface area contributed by atoms with Crippen molar-refractivity contribution in [1.82, 2.24) is 0 Å². The fraction of sp³-hybridized carbons (Fsp3) is 0.400. The number of hydrogen-bond donors (Lipinski definition) is 0. The highest BCUT2D eigenvalue weighted by Crippen LogP contribution is 2.27. The van der Waals surface area contributed by atoms with Gasteiger partial charge in [0.15, 0.2) is 0 Å². The second-order valence-corrected chi connectivity index (χ2v) is 3.79. The van der Waals surface area contributed by atoms with Gasteiger partial charge in [-0.25, -0.2) is 8.78 Å². The summed E-state index contributed by atoms with van der Waals surface area (Å²) in [5, 5.41) is -0.286. The quantitative estimate of drug-likeness (QED) is 0.645. The van der Waals surface area contributed by atoms with Crippen LogP contribution in [0.1, 0.15) is 25.3 Å². The van der Waals surface area contributed by atoms with Crippen LogP contribution in [0.3, 0.4) is 0 Å². The van der Waals surface area contributed by atoms with Crippen LogP contribution < -0.4 is 0 Å². The molecule has 0 saturated carbocycles. The van der Waals surface area contributed by atoms with Crippen molar-refractivity contribution < 1.29 is 8.78 Å². The lowest BCUT2D eigenvalue weighted by Crippen LogP contribution is -2.09. The number of alkyl halides is 1. The van der Waals surface area contributed by atoms with E-state index in [4.69, 9.17) is 11.6 Å². The predicted molar refractivity (Wildman–Crippen MR) is 50.1 cm³/mol. The molecule has 1 aromatic rings. The molecule has 13 heavy (non-hydrogen) atoms. The summed E-state index contributed by atoms with van der Waals surface area (Å²) in [5.74, 6) is -1.37. The van der Waals surface area contributed by atoms with E-state index in [1.807, 2.05) is 0 Å². The Morgan fingerprint density at radius 2 is 1.62 bits per heavy atom. The van der Waals surface area contributed by atoms with Gasteiger partial charge in [-0.15, -0.1) is 11.6 Å². The molecule has 0 saturated heterocycles. The van der Waals surface area contributed by atoms with Crippen LogP contribution in [0.25, 0.3) is 0 Å². The smallest absolute Gasteiger partial charge is 0.129 e. The Labute approximate surface area is 81.5 Å². The fourth-order valence-electron chi connectivity index (χ4n) is 1.18. The lowest BCUT2D eigenvalue weighted by Gasteiger charge is -2.15. The fourth-order valence-corrected chi connectivity index (χ4v) is 1.30. The van der Waals surface area contributed by atoms with Gasteiger partial charge in [0.2, 0.25) is 0 Å². The Hall–Kier alpha value is -0.630. The van der Waals surface area contributed by atoms with Gasteiger partial charge in [0.05, 0.1) is 0 Å². The van der Waals surface area contributed by atoms with Crippen molar-refractivity contribution in [2.75, 3.05) is 0 Å². The van der Waals surface area contributed by atoms with Gasteiger partial charge in [0.25, 0.3) is 0 Å². The highest BCUT2D eigenvalue weighted by molar-refractivity contribution is 6.20. The number of rotatable bonds is 2. The van der Waals surface area contributed by atoms with E-state index in [2.05, 4.69) is 0 Å². The third-order valence-corrected chi connectivity index (χ3v) is 2.52. The number of halogens is 3. The highest BCUT2D eigenvalue weighted by Gasteiger charge is 2.19. The second-order valence-electron chi connectivity index (χ2n) is 3.10.